The summed E-state index contributed by atoms with van der Waals surface area (Å²) in [6, 6.07) is 0.984. The molecule has 0 spiro atoms. The molecule has 3 fully saturated rings. The van der Waals surface area contributed by atoms with E-state index in [0.29, 0.717) is 42.2 Å². The molecule has 1 heterocycles. The molecule has 2 saturated carbocycles. The second-order valence-electron chi connectivity index (χ2n) is 7.60. The minimum absolute atomic E-state index is 0.140. The van der Waals surface area contributed by atoms with Gasteiger partial charge in [-0.05, 0) is 49.9 Å². The van der Waals surface area contributed by atoms with Crippen LogP contribution in [-0.4, -0.2) is 35.3 Å². The standard InChI is InChI=1S/C18H30N2O2/c1-4-12(5-2)18(22)19-10-15-11(3)8-16-14(15)9-17(21)20(16)13-6-7-13/h11-16H,4-10H2,1-3H3,(H,19,22)/t11-,14-,15+,16+/m0/s1. The normalized spacial score (nSPS) is 34.4. The van der Waals surface area contributed by atoms with E-state index in [1.165, 1.54) is 12.8 Å². The molecule has 1 N–H and O–H groups in total. The molecule has 4 heteroatoms. The molecule has 0 aromatic rings. The molecule has 2 amide bonds. The summed E-state index contributed by atoms with van der Waals surface area (Å²) in [7, 11) is 0. The Morgan fingerprint density at radius 3 is 2.59 bits per heavy atom. The fourth-order valence-corrected chi connectivity index (χ4v) is 4.74. The van der Waals surface area contributed by atoms with Gasteiger partial charge in [0.2, 0.25) is 11.8 Å². The number of hydrogen-bond acceptors (Lipinski definition) is 2. The van der Waals surface area contributed by atoms with Crippen LogP contribution in [0.5, 0.6) is 0 Å². The van der Waals surface area contributed by atoms with E-state index in [0.717, 1.165) is 25.8 Å². The molecule has 2 aliphatic carbocycles. The van der Waals surface area contributed by atoms with Crippen LogP contribution in [0.15, 0.2) is 0 Å². The maximum absolute atomic E-state index is 12.3. The zero-order chi connectivity index (χ0) is 15.9. The molecule has 3 rings (SSSR count). The van der Waals surface area contributed by atoms with Crippen LogP contribution in [0.1, 0.15) is 59.3 Å². The average molecular weight is 306 g/mol. The van der Waals surface area contributed by atoms with Crippen molar-refractivity contribution in [1.82, 2.24) is 10.2 Å². The summed E-state index contributed by atoms with van der Waals surface area (Å²) in [5.74, 6) is 2.23. The van der Waals surface area contributed by atoms with Gasteiger partial charge >= 0.3 is 0 Å². The van der Waals surface area contributed by atoms with Crippen LogP contribution in [0.2, 0.25) is 0 Å². The van der Waals surface area contributed by atoms with Crippen molar-refractivity contribution >= 4 is 11.8 Å². The van der Waals surface area contributed by atoms with Gasteiger partial charge in [-0.15, -0.1) is 0 Å². The quantitative estimate of drug-likeness (QED) is 0.820. The maximum Gasteiger partial charge on any atom is 0.223 e. The summed E-state index contributed by atoms with van der Waals surface area (Å²) in [4.78, 5) is 26.7. The smallest absolute Gasteiger partial charge is 0.223 e. The lowest BCUT2D eigenvalue weighted by molar-refractivity contribution is -0.129. The highest BCUT2D eigenvalue weighted by molar-refractivity contribution is 5.80. The number of hydrogen-bond donors (Lipinski definition) is 1. The van der Waals surface area contributed by atoms with Gasteiger partial charge in [0, 0.05) is 31.0 Å². The average Bonchev–Trinajstić information content (AvgIpc) is 3.20. The number of nitrogens with zero attached hydrogens (tertiary/aromatic N) is 1. The van der Waals surface area contributed by atoms with Crippen LogP contribution in [-0.2, 0) is 9.59 Å². The number of carbonyl (C=O) groups excluding carboxylic acids is 2. The Bertz CT molecular complexity index is 442. The first-order valence-corrected chi connectivity index (χ1v) is 9.15. The molecular formula is C18H30N2O2. The van der Waals surface area contributed by atoms with Gasteiger partial charge in [0.1, 0.15) is 0 Å². The number of amides is 2. The third kappa shape index (κ3) is 2.77. The highest BCUT2D eigenvalue weighted by atomic mass is 16.2. The molecule has 4 atom stereocenters. The molecule has 22 heavy (non-hydrogen) atoms. The van der Waals surface area contributed by atoms with Crippen molar-refractivity contribution in [2.45, 2.75) is 71.4 Å². The van der Waals surface area contributed by atoms with E-state index >= 15 is 0 Å². The summed E-state index contributed by atoms with van der Waals surface area (Å²) in [5.41, 5.74) is 0. The van der Waals surface area contributed by atoms with E-state index in [1.807, 2.05) is 0 Å². The summed E-state index contributed by atoms with van der Waals surface area (Å²) < 4.78 is 0. The van der Waals surface area contributed by atoms with Gasteiger partial charge in [0.05, 0.1) is 0 Å². The highest BCUT2D eigenvalue weighted by Crippen LogP contribution is 2.49. The predicted molar refractivity (Wildman–Crippen MR) is 86.1 cm³/mol. The van der Waals surface area contributed by atoms with Crippen LogP contribution < -0.4 is 5.32 Å². The maximum atomic E-state index is 12.3. The van der Waals surface area contributed by atoms with Gasteiger partial charge in [0.25, 0.3) is 0 Å². The summed E-state index contributed by atoms with van der Waals surface area (Å²) >= 11 is 0. The van der Waals surface area contributed by atoms with Crippen LogP contribution in [0.25, 0.3) is 0 Å². The zero-order valence-electron chi connectivity index (χ0n) is 14.2. The second-order valence-corrected chi connectivity index (χ2v) is 7.60. The Labute approximate surface area is 134 Å². The lowest BCUT2D eigenvalue weighted by atomic mass is 9.88. The molecular weight excluding hydrogens is 276 g/mol. The summed E-state index contributed by atoms with van der Waals surface area (Å²) in [6.07, 6.45) is 6.03. The first kappa shape index (κ1) is 15.8. The second kappa shape index (κ2) is 6.21. The SMILES string of the molecule is CCC(CC)C(=O)NC[C@H]1[C@@H]2CC(=O)N(C3CC3)[C@@H]2C[C@@H]1C. The van der Waals surface area contributed by atoms with E-state index in [4.69, 9.17) is 0 Å². The van der Waals surface area contributed by atoms with Gasteiger partial charge in [0.15, 0.2) is 0 Å². The van der Waals surface area contributed by atoms with Crippen LogP contribution in [0.4, 0.5) is 0 Å². The van der Waals surface area contributed by atoms with Crippen molar-refractivity contribution in [3.05, 3.63) is 0 Å². The Kier molecular flexibility index (Phi) is 4.47. The summed E-state index contributed by atoms with van der Waals surface area (Å²) in [6.45, 7) is 7.20. The molecule has 0 aromatic carbocycles. The van der Waals surface area contributed by atoms with Crippen LogP contribution >= 0.6 is 0 Å². The van der Waals surface area contributed by atoms with Crippen molar-refractivity contribution in [2.75, 3.05) is 6.54 Å². The van der Waals surface area contributed by atoms with E-state index in [9.17, 15) is 9.59 Å². The zero-order valence-corrected chi connectivity index (χ0v) is 14.2. The van der Waals surface area contributed by atoms with Gasteiger partial charge in [-0.3, -0.25) is 9.59 Å². The largest absolute Gasteiger partial charge is 0.356 e. The number of rotatable bonds is 6. The number of nitrogens with one attached hydrogen (secondary N) is 1. The van der Waals surface area contributed by atoms with Crippen molar-refractivity contribution in [1.29, 1.82) is 0 Å². The first-order valence-electron chi connectivity index (χ1n) is 9.15. The molecule has 0 bridgehead atoms. The molecule has 124 valence electrons. The van der Waals surface area contributed by atoms with Gasteiger partial charge in [-0.25, -0.2) is 0 Å². The minimum atomic E-state index is 0.140. The van der Waals surface area contributed by atoms with Crippen LogP contribution in [0, 0.1) is 23.7 Å². The summed E-state index contributed by atoms with van der Waals surface area (Å²) in [5, 5.41) is 3.18. The molecule has 3 aliphatic rings. The number of carbonyl (C=O) groups is 2. The molecule has 0 aromatic heterocycles. The molecule has 4 nitrogen and oxygen atoms in total. The van der Waals surface area contributed by atoms with E-state index < -0.39 is 0 Å². The Morgan fingerprint density at radius 2 is 2.00 bits per heavy atom. The van der Waals surface area contributed by atoms with E-state index in [1.54, 1.807) is 0 Å². The topological polar surface area (TPSA) is 49.4 Å². The van der Waals surface area contributed by atoms with Crippen molar-refractivity contribution in [3.8, 4) is 0 Å². The van der Waals surface area contributed by atoms with Crippen molar-refractivity contribution < 1.29 is 9.59 Å². The third-order valence-corrected chi connectivity index (χ3v) is 6.25. The van der Waals surface area contributed by atoms with Crippen molar-refractivity contribution in [3.63, 3.8) is 0 Å². The molecule has 0 radical (unpaired) electrons. The predicted octanol–water partition coefficient (Wildman–Crippen LogP) is 2.57. The fourth-order valence-electron chi connectivity index (χ4n) is 4.74. The van der Waals surface area contributed by atoms with E-state index in [2.05, 4.69) is 31.0 Å². The highest BCUT2D eigenvalue weighted by Gasteiger charge is 2.53. The van der Waals surface area contributed by atoms with Gasteiger partial charge in [-0.2, -0.15) is 0 Å². The first-order chi connectivity index (χ1) is 10.6. The lowest BCUT2D eigenvalue weighted by Crippen LogP contribution is -2.37. The van der Waals surface area contributed by atoms with Crippen LogP contribution in [0.3, 0.4) is 0 Å². The fraction of sp³-hybridized carbons (Fsp3) is 0.889. The Hall–Kier alpha value is -1.06. The molecule has 1 aliphatic heterocycles. The molecule has 0 unspecified atom stereocenters. The van der Waals surface area contributed by atoms with Gasteiger partial charge in [-0.1, -0.05) is 20.8 Å². The number of likely N-dealkylation sites (tertiary alicyclic amines) is 1. The lowest BCUT2D eigenvalue weighted by Gasteiger charge is -2.24. The third-order valence-electron chi connectivity index (χ3n) is 6.25. The number of fused-ring (bicyclic) bond motifs is 1. The molecule has 1 saturated heterocycles. The Morgan fingerprint density at radius 1 is 1.32 bits per heavy atom. The Balaban J connectivity index is 1.60. The van der Waals surface area contributed by atoms with E-state index in [-0.39, 0.29) is 11.8 Å². The minimum Gasteiger partial charge on any atom is -0.356 e. The van der Waals surface area contributed by atoms with Crippen molar-refractivity contribution in [2.24, 2.45) is 23.7 Å². The van der Waals surface area contributed by atoms with Gasteiger partial charge < -0.3 is 10.2 Å². The monoisotopic (exact) mass is 306 g/mol.